The molecule has 21 heavy (non-hydrogen) atoms. The summed E-state index contributed by atoms with van der Waals surface area (Å²) in [5.41, 5.74) is -1.77. The van der Waals surface area contributed by atoms with Crippen molar-refractivity contribution in [1.29, 1.82) is 0 Å². The number of carbonyl (C=O) groups excluding carboxylic acids is 1. The summed E-state index contributed by atoms with van der Waals surface area (Å²) in [6.07, 6.45) is -8.76. The van der Waals surface area contributed by atoms with Crippen LogP contribution in [-0.2, 0) is 4.74 Å². The molecule has 118 valence electrons. The van der Waals surface area contributed by atoms with Crippen LogP contribution in [0.5, 0.6) is 0 Å². The first-order chi connectivity index (χ1) is 9.40. The topological polar surface area (TPSA) is 58.6 Å². The van der Waals surface area contributed by atoms with E-state index in [0.29, 0.717) is 6.07 Å². The number of ether oxygens (including phenoxy) is 1. The lowest BCUT2D eigenvalue weighted by molar-refractivity contribution is -0.207. The number of anilines is 1. The van der Waals surface area contributed by atoms with Crippen molar-refractivity contribution < 1.29 is 32.2 Å². The molecule has 0 saturated carbocycles. The van der Waals surface area contributed by atoms with Gasteiger partial charge in [-0.1, -0.05) is 6.07 Å². The van der Waals surface area contributed by atoms with E-state index in [9.17, 15) is 22.4 Å². The minimum absolute atomic E-state index is 0.0834. The van der Waals surface area contributed by atoms with Crippen molar-refractivity contribution in [2.24, 2.45) is 0 Å². The maximum Gasteiger partial charge on any atom is 0.418 e. The van der Waals surface area contributed by atoms with Crippen LogP contribution < -0.4 is 5.32 Å². The third kappa shape index (κ3) is 5.22. The van der Waals surface area contributed by atoms with Gasteiger partial charge in [0, 0.05) is 11.3 Å². The van der Waals surface area contributed by atoms with Gasteiger partial charge in [0.05, 0.1) is 0 Å². The number of amides is 1. The molecule has 1 aromatic rings. The van der Waals surface area contributed by atoms with Crippen LogP contribution in [0.3, 0.4) is 0 Å². The zero-order valence-electron chi connectivity index (χ0n) is 11.6. The molecule has 0 saturated heterocycles. The van der Waals surface area contributed by atoms with Crippen LogP contribution >= 0.6 is 0 Å². The first-order valence-corrected chi connectivity index (χ1v) is 5.94. The number of rotatable bonds is 2. The zero-order chi connectivity index (χ0) is 16.4. The number of halogens is 4. The number of nitrogens with one attached hydrogen (secondary N) is 1. The van der Waals surface area contributed by atoms with E-state index < -0.39 is 35.4 Å². The SMILES string of the molecule is CC(C)(C)OC(=O)Nc1ccc(C(O)C(F)(F)F)c(F)c1. The monoisotopic (exact) mass is 309 g/mol. The Balaban J connectivity index is 2.86. The Morgan fingerprint density at radius 2 is 1.86 bits per heavy atom. The van der Waals surface area contributed by atoms with Gasteiger partial charge in [0.25, 0.3) is 0 Å². The molecule has 0 fully saturated rings. The molecule has 8 heteroatoms. The summed E-state index contributed by atoms with van der Waals surface area (Å²) < 4.78 is 55.4. The fraction of sp³-hybridized carbons (Fsp3) is 0.462. The fourth-order valence-electron chi connectivity index (χ4n) is 1.42. The molecule has 0 spiro atoms. The van der Waals surface area contributed by atoms with Gasteiger partial charge in [-0.2, -0.15) is 13.2 Å². The molecule has 0 radical (unpaired) electrons. The Morgan fingerprint density at radius 1 is 1.29 bits per heavy atom. The summed E-state index contributed by atoms with van der Waals surface area (Å²) in [7, 11) is 0. The Hall–Kier alpha value is -1.83. The van der Waals surface area contributed by atoms with E-state index in [1.807, 2.05) is 0 Å². The summed E-state index contributed by atoms with van der Waals surface area (Å²) >= 11 is 0. The van der Waals surface area contributed by atoms with Gasteiger partial charge in [0.1, 0.15) is 11.4 Å². The van der Waals surface area contributed by atoms with Gasteiger partial charge in [-0.25, -0.2) is 9.18 Å². The first-order valence-electron chi connectivity index (χ1n) is 5.94. The van der Waals surface area contributed by atoms with Gasteiger partial charge in [0.2, 0.25) is 0 Å². The van der Waals surface area contributed by atoms with Crippen molar-refractivity contribution >= 4 is 11.8 Å². The van der Waals surface area contributed by atoms with Gasteiger partial charge in [-0.15, -0.1) is 0 Å². The maximum atomic E-state index is 13.6. The second kappa shape index (κ2) is 5.88. The molecule has 1 aromatic carbocycles. The van der Waals surface area contributed by atoms with E-state index in [4.69, 9.17) is 9.84 Å². The van der Waals surface area contributed by atoms with Crippen LogP contribution in [0.15, 0.2) is 18.2 Å². The molecule has 0 aliphatic rings. The second-order valence-corrected chi connectivity index (χ2v) is 5.31. The molecule has 1 unspecified atom stereocenters. The highest BCUT2D eigenvalue weighted by atomic mass is 19.4. The van der Waals surface area contributed by atoms with E-state index in [2.05, 4.69) is 5.32 Å². The van der Waals surface area contributed by atoms with E-state index in [0.717, 1.165) is 12.1 Å². The number of alkyl halides is 3. The van der Waals surface area contributed by atoms with Gasteiger partial charge in [0.15, 0.2) is 6.10 Å². The van der Waals surface area contributed by atoms with Crippen LogP contribution in [0.4, 0.5) is 28.0 Å². The Labute approximate surface area is 118 Å². The van der Waals surface area contributed by atoms with Gasteiger partial charge < -0.3 is 9.84 Å². The lowest BCUT2D eigenvalue weighted by Crippen LogP contribution is -2.27. The lowest BCUT2D eigenvalue weighted by Gasteiger charge is -2.20. The predicted octanol–water partition coefficient (Wildman–Crippen LogP) is 3.77. The van der Waals surface area contributed by atoms with Crippen LogP contribution in [0.1, 0.15) is 32.4 Å². The van der Waals surface area contributed by atoms with Crippen molar-refractivity contribution in [1.82, 2.24) is 0 Å². The number of benzene rings is 1. The molecular formula is C13H15F4NO3. The predicted molar refractivity (Wildman–Crippen MR) is 67.3 cm³/mol. The van der Waals surface area contributed by atoms with Crippen LogP contribution in [0.2, 0.25) is 0 Å². The normalized spacial score (nSPS) is 13.7. The minimum atomic E-state index is -4.97. The quantitative estimate of drug-likeness (QED) is 0.818. The molecule has 0 aliphatic carbocycles. The van der Waals surface area contributed by atoms with Crippen molar-refractivity contribution in [2.45, 2.75) is 38.7 Å². The standard InChI is InChI=1S/C13H15F4NO3/c1-12(2,3)21-11(20)18-7-4-5-8(9(14)6-7)10(19)13(15,16)17/h4-6,10,19H,1-3H3,(H,18,20). The van der Waals surface area contributed by atoms with Gasteiger partial charge in [-0.3, -0.25) is 5.32 Å². The van der Waals surface area contributed by atoms with Crippen LogP contribution in [-0.4, -0.2) is 23.0 Å². The molecular weight excluding hydrogens is 294 g/mol. The maximum absolute atomic E-state index is 13.6. The Morgan fingerprint density at radius 3 is 2.29 bits per heavy atom. The summed E-state index contributed by atoms with van der Waals surface area (Å²) in [6, 6.07) is 2.46. The van der Waals surface area contributed by atoms with E-state index in [1.54, 1.807) is 20.8 Å². The molecule has 0 aromatic heterocycles. The van der Waals surface area contributed by atoms with Crippen molar-refractivity contribution in [2.75, 3.05) is 5.32 Å². The number of carbonyl (C=O) groups is 1. The average Bonchev–Trinajstić information content (AvgIpc) is 2.24. The van der Waals surface area contributed by atoms with Gasteiger partial charge in [-0.05, 0) is 32.9 Å². The summed E-state index contributed by atoms with van der Waals surface area (Å²) in [5.74, 6) is -1.28. The van der Waals surface area contributed by atoms with E-state index >= 15 is 0 Å². The smallest absolute Gasteiger partial charge is 0.418 e. The number of hydrogen-bond acceptors (Lipinski definition) is 3. The van der Waals surface area contributed by atoms with Crippen molar-refractivity contribution in [3.8, 4) is 0 Å². The summed E-state index contributed by atoms with van der Waals surface area (Å²) in [5, 5.41) is 11.2. The molecule has 0 aliphatic heterocycles. The Kier molecular flexibility index (Phi) is 4.83. The highest BCUT2D eigenvalue weighted by Crippen LogP contribution is 2.34. The second-order valence-electron chi connectivity index (χ2n) is 5.31. The lowest BCUT2D eigenvalue weighted by atomic mass is 10.1. The third-order valence-corrected chi connectivity index (χ3v) is 2.25. The summed E-state index contributed by atoms with van der Waals surface area (Å²) in [6.45, 7) is 4.86. The average molecular weight is 309 g/mol. The molecule has 1 atom stereocenters. The minimum Gasteiger partial charge on any atom is -0.444 e. The largest absolute Gasteiger partial charge is 0.444 e. The highest BCUT2D eigenvalue weighted by Gasteiger charge is 2.40. The van der Waals surface area contributed by atoms with Crippen LogP contribution in [0.25, 0.3) is 0 Å². The molecule has 1 amide bonds. The van der Waals surface area contributed by atoms with E-state index in [1.165, 1.54) is 0 Å². The molecule has 1 rings (SSSR count). The van der Waals surface area contributed by atoms with Crippen molar-refractivity contribution in [3.63, 3.8) is 0 Å². The fourth-order valence-corrected chi connectivity index (χ4v) is 1.42. The van der Waals surface area contributed by atoms with Crippen LogP contribution in [0, 0.1) is 5.82 Å². The number of aliphatic hydroxyl groups excluding tert-OH is 1. The number of aliphatic hydroxyl groups is 1. The molecule has 0 heterocycles. The molecule has 0 bridgehead atoms. The van der Waals surface area contributed by atoms with Gasteiger partial charge >= 0.3 is 12.3 Å². The molecule has 2 N–H and O–H groups in total. The number of hydrogen-bond donors (Lipinski definition) is 2. The Bertz CT molecular complexity index is 523. The molecule has 4 nitrogen and oxygen atoms in total. The summed E-state index contributed by atoms with van der Waals surface area (Å²) in [4.78, 5) is 11.4. The zero-order valence-corrected chi connectivity index (χ0v) is 11.6. The van der Waals surface area contributed by atoms with E-state index in [-0.39, 0.29) is 5.69 Å². The van der Waals surface area contributed by atoms with Crippen molar-refractivity contribution in [3.05, 3.63) is 29.6 Å². The first kappa shape index (κ1) is 17.2. The third-order valence-electron chi connectivity index (χ3n) is 2.25. The highest BCUT2D eigenvalue weighted by molar-refractivity contribution is 5.84.